The minimum absolute atomic E-state index is 0.211. The number of hydrogen-bond donors (Lipinski definition) is 1. The molecule has 1 atom stereocenters. The van der Waals surface area contributed by atoms with Crippen molar-refractivity contribution >= 4 is 15.9 Å². The van der Waals surface area contributed by atoms with E-state index in [1.165, 1.54) is 16.7 Å². The lowest BCUT2D eigenvalue weighted by Gasteiger charge is -2.20. The molecular formula is C16H22BrN3. The molecular weight excluding hydrogens is 314 g/mol. The molecule has 0 bridgehead atoms. The molecule has 2 rings (SSSR count). The Labute approximate surface area is 129 Å². The Morgan fingerprint density at radius 2 is 2.15 bits per heavy atom. The van der Waals surface area contributed by atoms with Crippen LogP contribution in [0, 0.1) is 6.92 Å². The van der Waals surface area contributed by atoms with Gasteiger partial charge < -0.3 is 5.32 Å². The van der Waals surface area contributed by atoms with Crippen LogP contribution in [0.1, 0.15) is 43.0 Å². The monoisotopic (exact) mass is 335 g/mol. The lowest BCUT2D eigenvalue weighted by atomic mass is 9.97. The van der Waals surface area contributed by atoms with E-state index in [1.54, 1.807) is 0 Å². The van der Waals surface area contributed by atoms with E-state index >= 15 is 0 Å². The van der Waals surface area contributed by atoms with Gasteiger partial charge in [-0.1, -0.05) is 28.9 Å². The van der Waals surface area contributed by atoms with Crippen molar-refractivity contribution in [3.05, 3.63) is 51.8 Å². The number of aromatic nitrogens is 2. The average molecular weight is 336 g/mol. The highest BCUT2D eigenvalue weighted by Gasteiger charge is 2.17. The zero-order valence-electron chi connectivity index (χ0n) is 12.4. The average Bonchev–Trinajstić information content (AvgIpc) is 2.90. The van der Waals surface area contributed by atoms with Crippen molar-refractivity contribution in [3.8, 4) is 0 Å². The van der Waals surface area contributed by atoms with E-state index in [9.17, 15) is 0 Å². The van der Waals surface area contributed by atoms with E-state index in [2.05, 4.69) is 71.5 Å². The van der Waals surface area contributed by atoms with Crippen LogP contribution in [0.4, 0.5) is 0 Å². The number of aryl methyl sites for hydroxylation is 2. The summed E-state index contributed by atoms with van der Waals surface area (Å²) in [6.45, 7) is 8.35. The van der Waals surface area contributed by atoms with Gasteiger partial charge in [-0.15, -0.1) is 0 Å². The third kappa shape index (κ3) is 3.49. The molecule has 0 radical (unpaired) electrons. The Bertz CT molecular complexity index is 563. The molecule has 0 saturated heterocycles. The highest BCUT2D eigenvalue weighted by molar-refractivity contribution is 9.10. The Hall–Kier alpha value is -1.13. The first-order chi connectivity index (χ1) is 9.65. The molecule has 2 aromatic rings. The molecule has 0 aliphatic carbocycles. The maximum Gasteiger partial charge on any atom is 0.0610 e. The number of rotatable bonds is 6. The van der Waals surface area contributed by atoms with E-state index in [-0.39, 0.29) is 6.04 Å². The summed E-state index contributed by atoms with van der Waals surface area (Å²) in [5.74, 6) is 0. The summed E-state index contributed by atoms with van der Waals surface area (Å²) < 4.78 is 3.10. The Balaban J connectivity index is 2.35. The lowest BCUT2D eigenvalue weighted by Crippen LogP contribution is -2.23. The minimum atomic E-state index is 0.211. The number of benzene rings is 1. The first kappa shape index (κ1) is 15.3. The first-order valence-electron chi connectivity index (χ1n) is 7.17. The highest BCUT2D eigenvalue weighted by Crippen LogP contribution is 2.27. The lowest BCUT2D eigenvalue weighted by molar-refractivity contribution is 0.594. The van der Waals surface area contributed by atoms with Crippen LogP contribution in [0.2, 0.25) is 0 Å². The van der Waals surface area contributed by atoms with Crippen LogP contribution in [-0.4, -0.2) is 16.3 Å². The molecule has 0 aliphatic heterocycles. The molecule has 0 spiro atoms. The molecule has 0 amide bonds. The molecule has 20 heavy (non-hydrogen) atoms. The van der Waals surface area contributed by atoms with Crippen LogP contribution in [0.5, 0.6) is 0 Å². The molecule has 1 aromatic carbocycles. The van der Waals surface area contributed by atoms with Crippen LogP contribution < -0.4 is 5.32 Å². The SMILES string of the molecule is CCCNC(c1cnn(CC)c1)c1ccc(Br)cc1C. The molecule has 1 N–H and O–H groups in total. The van der Waals surface area contributed by atoms with E-state index in [4.69, 9.17) is 0 Å². The third-order valence-electron chi connectivity index (χ3n) is 3.45. The van der Waals surface area contributed by atoms with Crippen molar-refractivity contribution in [2.45, 2.75) is 39.8 Å². The van der Waals surface area contributed by atoms with Crippen LogP contribution in [0.3, 0.4) is 0 Å². The van der Waals surface area contributed by atoms with E-state index in [1.807, 2.05) is 10.9 Å². The van der Waals surface area contributed by atoms with Gasteiger partial charge in [0.05, 0.1) is 12.2 Å². The Morgan fingerprint density at radius 1 is 1.35 bits per heavy atom. The summed E-state index contributed by atoms with van der Waals surface area (Å²) in [5, 5.41) is 8.03. The fraction of sp³-hybridized carbons (Fsp3) is 0.438. The van der Waals surface area contributed by atoms with Gasteiger partial charge in [0, 0.05) is 22.8 Å². The van der Waals surface area contributed by atoms with Crippen molar-refractivity contribution in [1.82, 2.24) is 15.1 Å². The number of nitrogens with zero attached hydrogens (tertiary/aromatic N) is 2. The molecule has 0 fully saturated rings. The standard InChI is InChI=1S/C16H22BrN3/c1-4-8-18-16(13-10-19-20(5-2)11-13)15-7-6-14(17)9-12(15)3/h6-7,9-11,16,18H,4-5,8H2,1-3H3. The Morgan fingerprint density at radius 3 is 2.75 bits per heavy atom. The predicted octanol–water partition coefficient (Wildman–Crippen LogP) is 4.06. The number of halogens is 1. The smallest absolute Gasteiger partial charge is 0.0610 e. The molecule has 108 valence electrons. The van der Waals surface area contributed by atoms with E-state index in [0.717, 1.165) is 24.0 Å². The van der Waals surface area contributed by atoms with Crippen molar-refractivity contribution < 1.29 is 0 Å². The van der Waals surface area contributed by atoms with E-state index < -0.39 is 0 Å². The van der Waals surface area contributed by atoms with Gasteiger partial charge in [0.2, 0.25) is 0 Å². The summed E-state index contributed by atoms with van der Waals surface area (Å²) in [6, 6.07) is 6.67. The summed E-state index contributed by atoms with van der Waals surface area (Å²) >= 11 is 3.53. The number of hydrogen-bond acceptors (Lipinski definition) is 2. The molecule has 0 saturated carbocycles. The van der Waals surface area contributed by atoms with Gasteiger partial charge in [-0.3, -0.25) is 4.68 Å². The summed E-state index contributed by atoms with van der Waals surface area (Å²) in [7, 11) is 0. The molecule has 1 unspecified atom stereocenters. The van der Waals surface area contributed by atoms with Gasteiger partial charge in [-0.05, 0) is 50.1 Å². The molecule has 1 heterocycles. The van der Waals surface area contributed by atoms with Crippen LogP contribution in [-0.2, 0) is 6.54 Å². The zero-order valence-corrected chi connectivity index (χ0v) is 13.9. The van der Waals surface area contributed by atoms with Gasteiger partial charge in [-0.2, -0.15) is 5.10 Å². The van der Waals surface area contributed by atoms with Gasteiger partial charge in [0.15, 0.2) is 0 Å². The fourth-order valence-corrected chi connectivity index (χ4v) is 2.84. The largest absolute Gasteiger partial charge is 0.306 e. The normalized spacial score (nSPS) is 12.6. The predicted molar refractivity (Wildman–Crippen MR) is 86.9 cm³/mol. The van der Waals surface area contributed by atoms with Crippen molar-refractivity contribution in [2.75, 3.05) is 6.54 Å². The van der Waals surface area contributed by atoms with Crippen LogP contribution in [0.25, 0.3) is 0 Å². The second-order valence-corrected chi connectivity index (χ2v) is 5.93. The summed E-state index contributed by atoms with van der Waals surface area (Å²) in [6.07, 6.45) is 5.22. The number of nitrogens with one attached hydrogen (secondary N) is 1. The summed E-state index contributed by atoms with van der Waals surface area (Å²) in [4.78, 5) is 0. The first-order valence-corrected chi connectivity index (χ1v) is 7.96. The Kier molecular flexibility index (Phi) is 5.38. The minimum Gasteiger partial charge on any atom is -0.306 e. The van der Waals surface area contributed by atoms with Crippen molar-refractivity contribution in [2.24, 2.45) is 0 Å². The topological polar surface area (TPSA) is 29.9 Å². The van der Waals surface area contributed by atoms with Gasteiger partial charge in [0.1, 0.15) is 0 Å². The second-order valence-electron chi connectivity index (χ2n) is 5.02. The van der Waals surface area contributed by atoms with Gasteiger partial charge in [0.25, 0.3) is 0 Å². The maximum atomic E-state index is 4.40. The maximum absolute atomic E-state index is 4.40. The van der Waals surface area contributed by atoms with Crippen molar-refractivity contribution in [1.29, 1.82) is 0 Å². The fourth-order valence-electron chi connectivity index (χ4n) is 2.36. The van der Waals surface area contributed by atoms with E-state index in [0.29, 0.717) is 0 Å². The zero-order chi connectivity index (χ0) is 14.5. The van der Waals surface area contributed by atoms with Crippen LogP contribution in [0.15, 0.2) is 35.1 Å². The third-order valence-corrected chi connectivity index (χ3v) is 3.95. The van der Waals surface area contributed by atoms with Gasteiger partial charge in [-0.25, -0.2) is 0 Å². The molecule has 3 nitrogen and oxygen atoms in total. The van der Waals surface area contributed by atoms with Gasteiger partial charge >= 0.3 is 0 Å². The molecule has 4 heteroatoms. The molecule has 0 aliphatic rings. The highest BCUT2D eigenvalue weighted by atomic mass is 79.9. The molecule has 1 aromatic heterocycles. The van der Waals surface area contributed by atoms with Crippen molar-refractivity contribution in [3.63, 3.8) is 0 Å². The van der Waals surface area contributed by atoms with Crippen LogP contribution >= 0.6 is 15.9 Å². The summed E-state index contributed by atoms with van der Waals surface area (Å²) in [5.41, 5.74) is 3.83. The quantitative estimate of drug-likeness (QED) is 0.862. The second kappa shape index (κ2) is 7.04.